The highest BCUT2D eigenvalue weighted by Gasteiger charge is 2.25. The molecule has 2 rings (SSSR count). The topological polar surface area (TPSA) is 89.3 Å². The van der Waals surface area contributed by atoms with Crippen LogP contribution >= 0.6 is 11.6 Å². The van der Waals surface area contributed by atoms with Crippen LogP contribution in [0, 0.1) is 5.82 Å². The number of benzene rings is 1. The van der Waals surface area contributed by atoms with Crippen LogP contribution in [-0.4, -0.2) is 20.4 Å². The molecule has 1 aliphatic carbocycles. The normalized spacial score (nSPS) is 15.9. The Kier molecular flexibility index (Phi) is 3.80. The molecule has 1 aliphatic rings. The summed E-state index contributed by atoms with van der Waals surface area (Å²) < 4.78 is 36.4. The van der Waals surface area contributed by atoms with Crippen LogP contribution in [0.3, 0.4) is 0 Å². The molecule has 0 aliphatic heterocycles. The van der Waals surface area contributed by atoms with Crippen molar-refractivity contribution in [1.29, 1.82) is 0 Å². The summed E-state index contributed by atoms with van der Waals surface area (Å²) in [5, 5.41) is 7.42. The lowest BCUT2D eigenvalue weighted by Gasteiger charge is -2.26. The van der Waals surface area contributed by atoms with Gasteiger partial charge < -0.3 is 5.32 Å². The molecule has 0 radical (unpaired) electrons. The number of nitrogens with one attached hydrogen (secondary N) is 1. The van der Waals surface area contributed by atoms with Gasteiger partial charge in [0.2, 0.25) is 10.0 Å². The van der Waals surface area contributed by atoms with Gasteiger partial charge in [0.15, 0.2) is 5.82 Å². The molecule has 1 saturated carbocycles. The van der Waals surface area contributed by atoms with Crippen molar-refractivity contribution in [2.24, 2.45) is 5.14 Å². The lowest BCUT2D eigenvalue weighted by Crippen LogP contribution is -2.40. The Labute approximate surface area is 115 Å². The number of carbonyl (C=O) groups is 1. The summed E-state index contributed by atoms with van der Waals surface area (Å²) in [5.41, 5.74) is -0.413. The zero-order valence-electron chi connectivity index (χ0n) is 9.82. The SMILES string of the molecule is NS(=O)(=O)c1cc(Cl)cc(C(=O)NC2CCC2)c1F. The number of carbonyl (C=O) groups excluding carboxylic acids is 1. The molecule has 0 atom stereocenters. The minimum absolute atomic E-state index is 0.00353. The van der Waals surface area contributed by atoms with Crippen LogP contribution in [0.5, 0.6) is 0 Å². The second-order valence-corrected chi connectivity index (χ2v) is 6.38. The predicted octanol–water partition coefficient (Wildman–Crippen LogP) is 1.41. The number of sulfonamides is 1. The Balaban J connectivity index is 2.39. The van der Waals surface area contributed by atoms with Crippen LogP contribution in [-0.2, 0) is 10.0 Å². The number of hydrogen-bond acceptors (Lipinski definition) is 3. The predicted molar refractivity (Wildman–Crippen MR) is 67.9 cm³/mol. The number of amides is 1. The minimum Gasteiger partial charge on any atom is -0.349 e. The second-order valence-electron chi connectivity index (χ2n) is 4.41. The number of primary sulfonamides is 1. The zero-order chi connectivity index (χ0) is 14.2. The van der Waals surface area contributed by atoms with Gasteiger partial charge in [0.05, 0.1) is 5.56 Å². The van der Waals surface area contributed by atoms with Crippen molar-refractivity contribution < 1.29 is 17.6 Å². The summed E-state index contributed by atoms with van der Waals surface area (Å²) >= 11 is 5.69. The Bertz CT molecular complexity index is 629. The van der Waals surface area contributed by atoms with E-state index >= 15 is 0 Å². The van der Waals surface area contributed by atoms with Gasteiger partial charge >= 0.3 is 0 Å². The van der Waals surface area contributed by atoms with Gasteiger partial charge in [-0.05, 0) is 31.4 Å². The van der Waals surface area contributed by atoms with Gasteiger partial charge in [0.1, 0.15) is 4.90 Å². The number of hydrogen-bond donors (Lipinski definition) is 2. The van der Waals surface area contributed by atoms with Crippen LogP contribution in [0.1, 0.15) is 29.6 Å². The van der Waals surface area contributed by atoms with E-state index in [0.717, 1.165) is 31.4 Å². The molecular weight excluding hydrogens is 295 g/mol. The molecule has 0 saturated heterocycles. The van der Waals surface area contributed by atoms with Crippen molar-refractivity contribution in [1.82, 2.24) is 5.32 Å². The molecule has 0 unspecified atom stereocenters. The lowest BCUT2D eigenvalue weighted by atomic mass is 9.93. The maximum absolute atomic E-state index is 14.0. The monoisotopic (exact) mass is 306 g/mol. The first-order chi connectivity index (χ1) is 8.79. The maximum atomic E-state index is 14.0. The lowest BCUT2D eigenvalue weighted by molar-refractivity contribution is 0.0912. The van der Waals surface area contributed by atoms with Crippen molar-refractivity contribution in [3.8, 4) is 0 Å². The van der Waals surface area contributed by atoms with E-state index in [0.29, 0.717) is 0 Å². The third-order valence-electron chi connectivity index (χ3n) is 3.00. The van der Waals surface area contributed by atoms with E-state index in [-0.39, 0.29) is 11.1 Å². The highest BCUT2D eigenvalue weighted by atomic mass is 35.5. The van der Waals surface area contributed by atoms with Crippen molar-refractivity contribution in [3.63, 3.8) is 0 Å². The summed E-state index contributed by atoms with van der Waals surface area (Å²) in [6.45, 7) is 0. The Morgan fingerprint density at radius 3 is 2.53 bits per heavy atom. The van der Waals surface area contributed by atoms with Gasteiger partial charge in [-0.2, -0.15) is 0 Å². The van der Waals surface area contributed by atoms with E-state index in [2.05, 4.69) is 5.32 Å². The summed E-state index contributed by atoms with van der Waals surface area (Å²) in [7, 11) is -4.27. The van der Waals surface area contributed by atoms with Gasteiger partial charge in [-0.3, -0.25) is 4.79 Å². The van der Waals surface area contributed by atoms with Gasteiger partial charge in [-0.25, -0.2) is 17.9 Å². The Morgan fingerprint density at radius 1 is 1.42 bits per heavy atom. The first-order valence-corrected chi connectivity index (χ1v) is 7.54. The van der Waals surface area contributed by atoms with E-state index in [9.17, 15) is 17.6 Å². The van der Waals surface area contributed by atoms with E-state index in [1.165, 1.54) is 0 Å². The smallest absolute Gasteiger partial charge is 0.254 e. The van der Waals surface area contributed by atoms with Gasteiger partial charge in [-0.15, -0.1) is 0 Å². The molecule has 1 fully saturated rings. The van der Waals surface area contributed by atoms with Gasteiger partial charge in [0.25, 0.3) is 5.91 Å². The summed E-state index contributed by atoms with van der Waals surface area (Å²) in [4.78, 5) is 11.1. The molecule has 0 heterocycles. The molecule has 0 bridgehead atoms. The van der Waals surface area contributed by atoms with Crippen molar-refractivity contribution in [3.05, 3.63) is 28.5 Å². The molecular formula is C11H12ClFN2O3S. The fourth-order valence-electron chi connectivity index (χ4n) is 1.75. The number of nitrogens with two attached hydrogens (primary N) is 1. The largest absolute Gasteiger partial charge is 0.349 e. The van der Waals surface area contributed by atoms with E-state index in [1.807, 2.05) is 0 Å². The highest BCUT2D eigenvalue weighted by molar-refractivity contribution is 7.89. The Hall–Kier alpha value is -1.18. The van der Waals surface area contributed by atoms with Crippen LogP contribution < -0.4 is 10.5 Å². The van der Waals surface area contributed by atoms with Crippen LogP contribution in [0.2, 0.25) is 5.02 Å². The van der Waals surface area contributed by atoms with Gasteiger partial charge in [-0.1, -0.05) is 11.6 Å². The fourth-order valence-corrected chi connectivity index (χ4v) is 2.69. The third-order valence-corrected chi connectivity index (χ3v) is 4.12. The quantitative estimate of drug-likeness (QED) is 0.884. The first-order valence-electron chi connectivity index (χ1n) is 5.62. The summed E-state index contributed by atoms with van der Waals surface area (Å²) in [6.07, 6.45) is 2.66. The van der Waals surface area contributed by atoms with Crippen LogP contribution in [0.25, 0.3) is 0 Å². The molecule has 19 heavy (non-hydrogen) atoms. The van der Waals surface area contributed by atoms with Crippen molar-refractivity contribution >= 4 is 27.5 Å². The van der Waals surface area contributed by atoms with E-state index in [4.69, 9.17) is 16.7 Å². The molecule has 104 valence electrons. The summed E-state index contributed by atoms with van der Waals surface area (Å²) in [6, 6.07) is 1.97. The third kappa shape index (κ3) is 3.05. The highest BCUT2D eigenvalue weighted by Crippen LogP contribution is 2.24. The van der Waals surface area contributed by atoms with Crippen molar-refractivity contribution in [2.75, 3.05) is 0 Å². The van der Waals surface area contributed by atoms with Crippen molar-refractivity contribution in [2.45, 2.75) is 30.2 Å². The molecule has 0 aromatic heterocycles. The molecule has 1 amide bonds. The Morgan fingerprint density at radius 2 is 2.05 bits per heavy atom. The maximum Gasteiger partial charge on any atom is 0.254 e. The molecule has 0 spiro atoms. The van der Waals surface area contributed by atoms with Crippen LogP contribution in [0.4, 0.5) is 4.39 Å². The number of halogens is 2. The molecule has 3 N–H and O–H groups in total. The molecule has 1 aromatic rings. The van der Waals surface area contributed by atoms with E-state index < -0.39 is 32.2 Å². The molecule has 5 nitrogen and oxygen atoms in total. The van der Waals surface area contributed by atoms with E-state index in [1.54, 1.807) is 0 Å². The average Bonchev–Trinajstić information content (AvgIpc) is 2.24. The molecule has 8 heteroatoms. The fraction of sp³-hybridized carbons (Fsp3) is 0.364. The standard InChI is InChI=1S/C11H12ClFN2O3S/c12-6-4-8(11(16)15-7-2-1-3-7)10(13)9(5-6)19(14,17)18/h4-5,7H,1-3H2,(H,15,16)(H2,14,17,18). The summed E-state index contributed by atoms with van der Waals surface area (Å²) in [5.74, 6) is -1.86. The molecule has 1 aromatic carbocycles. The van der Waals surface area contributed by atoms with Crippen LogP contribution in [0.15, 0.2) is 17.0 Å². The number of rotatable bonds is 3. The average molecular weight is 307 g/mol. The second kappa shape index (κ2) is 5.07. The van der Waals surface area contributed by atoms with Gasteiger partial charge in [0, 0.05) is 11.1 Å². The minimum atomic E-state index is -4.27. The zero-order valence-corrected chi connectivity index (χ0v) is 11.4. The first kappa shape index (κ1) is 14.2.